The highest BCUT2D eigenvalue weighted by Gasteiger charge is 2.34. The first kappa shape index (κ1) is 31.9. The monoisotopic (exact) mass is 607 g/mol. The summed E-state index contributed by atoms with van der Waals surface area (Å²) in [5, 5.41) is 3.17. The van der Waals surface area contributed by atoms with E-state index in [9.17, 15) is 18.0 Å². The molecule has 2 amide bonds. The van der Waals surface area contributed by atoms with Gasteiger partial charge in [-0.05, 0) is 49.1 Å². The molecule has 0 saturated heterocycles. The zero-order valence-corrected chi connectivity index (χ0v) is 25.9. The maximum Gasteiger partial charge on any atom is 0.264 e. The fourth-order valence-corrected chi connectivity index (χ4v) is 6.90. The first-order valence-electron chi connectivity index (χ1n) is 14.7. The standard InChI is InChI=1S/C33H41N3O6S/c1-4-29(33(38)34-26-16-10-6-11-17-26)35(23-25-14-8-5-9-15-25)32(37)24-36(27-18-12-7-13-19-27)43(39,40)28-20-21-30(41-2)31(22-28)42-3/h5,7-9,12-15,18-22,26,29H,4,6,10-11,16-17,23-24H2,1-3H3,(H,34,38)/t29-/m1/s1. The van der Waals surface area contributed by atoms with Gasteiger partial charge in [0.25, 0.3) is 10.0 Å². The minimum absolute atomic E-state index is 0.0569. The highest BCUT2D eigenvalue weighted by Crippen LogP contribution is 2.32. The molecule has 3 aromatic rings. The summed E-state index contributed by atoms with van der Waals surface area (Å²) in [7, 11) is -1.34. The van der Waals surface area contributed by atoms with Crippen molar-refractivity contribution in [1.29, 1.82) is 0 Å². The van der Waals surface area contributed by atoms with Gasteiger partial charge in [0.1, 0.15) is 12.6 Å². The molecule has 0 aromatic heterocycles. The van der Waals surface area contributed by atoms with Crippen molar-refractivity contribution < 1.29 is 27.5 Å². The molecule has 0 unspecified atom stereocenters. The van der Waals surface area contributed by atoms with Crippen molar-refractivity contribution in [1.82, 2.24) is 10.2 Å². The number of nitrogens with zero attached hydrogens (tertiary/aromatic N) is 2. The average molecular weight is 608 g/mol. The number of amides is 2. The molecular weight excluding hydrogens is 566 g/mol. The number of rotatable bonds is 13. The van der Waals surface area contributed by atoms with E-state index >= 15 is 0 Å². The van der Waals surface area contributed by atoms with Crippen LogP contribution < -0.4 is 19.1 Å². The van der Waals surface area contributed by atoms with E-state index in [1.165, 1.54) is 37.3 Å². The van der Waals surface area contributed by atoms with Gasteiger partial charge in [-0.15, -0.1) is 0 Å². The van der Waals surface area contributed by atoms with Gasteiger partial charge in [0.15, 0.2) is 11.5 Å². The van der Waals surface area contributed by atoms with E-state index in [1.54, 1.807) is 30.3 Å². The van der Waals surface area contributed by atoms with Gasteiger partial charge in [-0.3, -0.25) is 13.9 Å². The maximum atomic E-state index is 14.2. The Morgan fingerprint density at radius 1 is 0.884 bits per heavy atom. The number of carbonyl (C=O) groups is 2. The van der Waals surface area contributed by atoms with E-state index in [4.69, 9.17) is 9.47 Å². The van der Waals surface area contributed by atoms with Gasteiger partial charge in [0.2, 0.25) is 11.8 Å². The minimum atomic E-state index is -4.24. The van der Waals surface area contributed by atoms with Gasteiger partial charge in [-0.25, -0.2) is 8.42 Å². The SMILES string of the molecule is CC[C@H](C(=O)NC1CCCCC1)N(Cc1ccccc1)C(=O)CN(c1ccccc1)S(=O)(=O)c1ccc(OC)c(OC)c1. The lowest BCUT2D eigenvalue weighted by Crippen LogP contribution is -2.54. The van der Waals surface area contributed by atoms with Crippen molar-refractivity contribution in [3.8, 4) is 11.5 Å². The highest BCUT2D eigenvalue weighted by atomic mass is 32.2. The molecule has 0 aliphatic heterocycles. The zero-order valence-electron chi connectivity index (χ0n) is 25.1. The van der Waals surface area contributed by atoms with Crippen LogP contribution in [0.3, 0.4) is 0 Å². The Hall–Kier alpha value is -4.05. The number of ether oxygens (including phenoxy) is 2. The summed E-state index contributed by atoms with van der Waals surface area (Å²) in [5.74, 6) is -0.0678. The molecule has 0 radical (unpaired) electrons. The summed E-state index contributed by atoms with van der Waals surface area (Å²) in [4.78, 5) is 29.3. The van der Waals surface area contributed by atoms with Crippen molar-refractivity contribution in [2.45, 2.75) is 69.0 Å². The number of nitrogens with one attached hydrogen (secondary N) is 1. The number of carbonyl (C=O) groups excluding carboxylic acids is 2. The molecule has 0 spiro atoms. The lowest BCUT2D eigenvalue weighted by molar-refractivity contribution is -0.140. The van der Waals surface area contributed by atoms with Crippen LogP contribution >= 0.6 is 0 Å². The van der Waals surface area contributed by atoms with Crippen LogP contribution in [-0.2, 0) is 26.2 Å². The van der Waals surface area contributed by atoms with Crippen LogP contribution in [0.4, 0.5) is 5.69 Å². The molecule has 230 valence electrons. The lowest BCUT2D eigenvalue weighted by Gasteiger charge is -2.34. The van der Waals surface area contributed by atoms with E-state index < -0.39 is 28.5 Å². The summed E-state index contributed by atoms with van der Waals surface area (Å²) in [5.41, 5.74) is 1.17. The minimum Gasteiger partial charge on any atom is -0.493 e. The van der Waals surface area contributed by atoms with Crippen molar-refractivity contribution in [3.63, 3.8) is 0 Å². The molecule has 43 heavy (non-hydrogen) atoms. The summed E-state index contributed by atoms with van der Waals surface area (Å²) >= 11 is 0. The Balaban J connectivity index is 1.70. The van der Waals surface area contributed by atoms with Gasteiger partial charge in [-0.2, -0.15) is 0 Å². The van der Waals surface area contributed by atoms with E-state index in [0.717, 1.165) is 42.0 Å². The van der Waals surface area contributed by atoms with Gasteiger partial charge < -0.3 is 19.7 Å². The predicted octanol–water partition coefficient (Wildman–Crippen LogP) is 5.16. The van der Waals surface area contributed by atoms with Crippen LogP contribution in [0, 0.1) is 0 Å². The molecule has 4 rings (SSSR count). The maximum absolute atomic E-state index is 14.2. The molecule has 1 N–H and O–H groups in total. The molecular formula is C33H41N3O6S. The molecule has 1 saturated carbocycles. The van der Waals surface area contributed by atoms with Crippen LogP contribution in [0.5, 0.6) is 11.5 Å². The van der Waals surface area contributed by atoms with E-state index in [0.29, 0.717) is 17.9 Å². The van der Waals surface area contributed by atoms with E-state index in [1.807, 2.05) is 37.3 Å². The number of anilines is 1. The number of sulfonamides is 1. The van der Waals surface area contributed by atoms with Gasteiger partial charge >= 0.3 is 0 Å². The lowest BCUT2D eigenvalue weighted by atomic mass is 9.95. The molecule has 1 aliphatic rings. The van der Waals surface area contributed by atoms with Crippen LogP contribution in [0.25, 0.3) is 0 Å². The molecule has 3 aromatic carbocycles. The Morgan fingerprint density at radius 3 is 2.12 bits per heavy atom. The predicted molar refractivity (Wildman–Crippen MR) is 167 cm³/mol. The number of methoxy groups -OCH3 is 2. The highest BCUT2D eigenvalue weighted by molar-refractivity contribution is 7.92. The molecule has 1 aliphatic carbocycles. The van der Waals surface area contributed by atoms with E-state index in [2.05, 4.69) is 5.32 Å². The van der Waals surface area contributed by atoms with Gasteiger partial charge in [0, 0.05) is 18.7 Å². The van der Waals surface area contributed by atoms with Crippen molar-refractivity contribution in [3.05, 3.63) is 84.4 Å². The number of para-hydroxylation sites is 1. The fraction of sp³-hybridized carbons (Fsp3) is 0.394. The third-order valence-electron chi connectivity index (χ3n) is 7.80. The molecule has 9 nitrogen and oxygen atoms in total. The quantitative estimate of drug-likeness (QED) is 0.288. The Kier molecular flexibility index (Phi) is 11.1. The third kappa shape index (κ3) is 7.87. The van der Waals surface area contributed by atoms with Gasteiger partial charge in [0.05, 0.1) is 24.8 Å². The Bertz CT molecular complexity index is 1460. The largest absolute Gasteiger partial charge is 0.493 e. The number of benzene rings is 3. The molecule has 0 bridgehead atoms. The smallest absolute Gasteiger partial charge is 0.264 e. The second-order valence-electron chi connectivity index (χ2n) is 10.6. The summed E-state index contributed by atoms with van der Waals surface area (Å²) in [6.45, 7) is 1.53. The zero-order chi connectivity index (χ0) is 30.8. The van der Waals surface area contributed by atoms with Crippen LogP contribution in [0.15, 0.2) is 83.8 Å². The van der Waals surface area contributed by atoms with Crippen LogP contribution in [0.1, 0.15) is 51.0 Å². The summed E-state index contributed by atoms with van der Waals surface area (Å²) in [6.07, 6.45) is 5.50. The number of hydrogen-bond acceptors (Lipinski definition) is 6. The van der Waals surface area contributed by atoms with Crippen molar-refractivity contribution in [2.24, 2.45) is 0 Å². The third-order valence-corrected chi connectivity index (χ3v) is 9.57. The second-order valence-corrected chi connectivity index (χ2v) is 12.5. The van der Waals surface area contributed by atoms with Gasteiger partial charge in [-0.1, -0.05) is 74.7 Å². The molecule has 1 fully saturated rings. The summed E-state index contributed by atoms with van der Waals surface area (Å²) in [6, 6.07) is 21.5. The normalized spacial score (nSPS) is 14.4. The first-order valence-corrected chi connectivity index (χ1v) is 16.2. The van der Waals surface area contributed by atoms with Crippen LogP contribution in [0.2, 0.25) is 0 Å². The average Bonchev–Trinajstić information content (AvgIpc) is 3.04. The Labute approximate surface area is 254 Å². The fourth-order valence-electron chi connectivity index (χ4n) is 5.47. The Morgan fingerprint density at radius 2 is 1.51 bits per heavy atom. The first-order chi connectivity index (χ1) is 20.8. The van der Waals surface area contributed by atoms with Crippen LogP contribution in [-0.4, -0.2) is 58.0 Å². The molecule has 1 atom stereocenters. The van der Waals surface area contributed by atoms with Crippen molar-refractivity contribution >= 4 is 27.5 Å². The molecule has 0 heterocycles. The second kappa shape index (κ2) is 14.9. The summed E-state index contributed by atoms with van der Waals surface area (Å²) < 4.78 is 40.0. The topological polar surface area (TPSA) is 105 Å². The van der Waals surface area contributed by atoms with Crippen molar-refractivity contribution in [2.75, 3.05) is 25.1 Å². The molecule has 10 heteroatoms. The van der Waals surface area contributed by atoms with E-state index in [-0.39, 0.29) is 29.1 Å². The number of hydrogen-bond donors (Lipinski definition) is 1.